The molecule has 0 radical (unpaired) electrons. The number of carbonyl (C=O) groups is 1. The highest BCUT2D eigenvalue weighted by Gasteiger charge is 2.05. The largest absolute Gasteiger partial charge is 0.350 e. The zero-order valence-corrected chi connectivity index (χ0v) is 15.6. The van der Waals surface area contributed by atoms with Crippen LogP contribution in [0.5, 0.6) is 0 Å². The predicted octanol–water partition coefficient (Wildman–Crippen LogP) is -0.0120. The lowest BCUT2D eigenvalue weighted by Gasteiger charge is -2.09. The number of carbonyl (C=O) groups excluding carboxylic acids is 1. The highest BCUT2D eigenvalue weighted by atomic mass is 16.1. The lowest BCUT2D eigenvalue weighted by atomic mass is 10.1. The predicted molar refractivity (Wildman–Crippen MR) is 101 cm³/mol. The van der Waals surface area contributed by atoms with Crippen LogP contribution >= 0.6 is 0 Å². The van der Waals surface area contributed by atoms with Gasteiger partial charge in [-0.1, -0.05) is 26.0 Å². The maximum absolute atomic E-state index is 11.6. The van der Waals surface area contributed by atoms with Gasteiger partial charge in [-0.25, -0.2) is 0 Å². The Morgan fingerprint density at radius 1 is 1.04 bits per heavy atom. The molecule has 1 aromatic rings. The minimum atomic E-state index is -0.0249. The third-order valence-electron chi connectivity index (χ3n) is 2.51. The van der Waals surface area contributed by atoms with Crippen molar-refractivity contribution in [1.82, 2.24) is 27.0 Å². The summed E-state index contributed by atoms with van der Waals surface area (Å²) in [7, 11) is 1.82. The van der Waals surface area contributed by atoms with Crippen LogP contribution in [0.25, 0.3) is 0 Å². The van der Waals surface area contributed by atoms with Crippen LogP contribution in [0.4, 0.5) is 0 Å². The minimum Gasteiger partial charge on any atom is -0.350 e. The van der Waals surface area contributed by atoms with E-state index in [2.05, 4.69) is 27.0 Å². The number of hydrazine groups is 3. The third-order valence-corrected chi connectivity index (χ3v) is 2.51. The standard InChI is InChI=1S/C12H19N3O.2C2H8N2/c1-9(2)15-12(16)11-6-4-10(5-7-11)8-14-13-3;2*1-2-4-3/h4-7,9,13-14H,8H2,1-3H3,(H,15,16);2*4H,2-3H2,1H3. The summed E-state index contributed by atoms with van der Waals surface area (Å²) in [4.78, 5) is 11.6. The van der Waals surface area contributed by atoms with Gasteiger partial charge in [0.05, 0.1) is 0 Å². The SMILES string of the molecule is CCNN.CCNN.CNNCc1ccc(C(=O)NC(C)C)cc1. The average Bonchev–Trinajstić information content (AvgIpc) is 2.60. The monoisotopic (exact) mass is 341 g/mol. The van der Waals surface area contributed by atoms with Crippen LogP contribution < -0.4 is 38.7 Å². The number of amides is 1. The van der Waals surface area contributed by atoms with Gasteiger partial charge in [0.1, 0.15) is 0 Å². The molecule has 0 saturated heterocycles. The van der Waals surface area contributed by atoms with Gasteiger partial charge in [0.2, 0.25) is 0 Å². The van der Waals surface area contributed by atoms with E-state index in [-0.39, 0.29) is 11.9 Å². The Kier molecular flexibility index (Phi) is 18.3. The maximum atomic E-state index is 11.6. The summed E-state index contributed by atoms with van der Waals surface area (Å²) in [6.45, 7) is 10.2. The number of hydrogen-bond acceptors (Lipinski definition) is 7. The molecule has 140 valence electrons. The van der Waals surface area contributed by atoms with Gasteiger partial charge >= 0.3 is 0 Å². The van der Waals surface area contributed by atoms with Crippen molar-refractivity contribution in [3.05, 3.63) is 35.4 Å². The number of rotatable bonds is 7. The van der Waals surface area contributed by atoms with Crippen molar-refractivity contribution in [2.24, 2.45) is 11.7 Å². The van der Waals surface area contributed by atoms with Crippen molar-refractivity contribution in [3.8, 4) is 0 Å². The summed E-state index contributed by atoms with van der Waals surface area (Å²) in [5.74, 6) is 9.53. The molecule has 9 N–H and O–H groups in total. The molecule has 0 spiro atoms. The van der Waals surface area contributed by atoms with Gasteiger partial charge in [0.15, 0.2) is 0 Å². The smallest absolute Gasteiger partial charge is 0.251 e. The van der Waals surface area contributed by atoms with E-state index < -0.39 is 0 Å². The van der Waals surface area contributed by atoms with Crippen LogP contribution in [0.1, 0.15) is 43.6 Å². The Balaban J connectivity index is 0. The van der Waals surface area contributed by atoms with E-state index in [0.29, 0.717) is 5.56 Å². The second kappa shape index (κ2) is 17.8. The highest BCUT2D eigenvalue weighted by Crippen LogP contribution is 2.04. The van der Waals surface area contributed by atoms with E-state index in [4.69, 9.17) is 11.7 Å². The minimum absolute atomic E-state index is 0.0249. The van der Waals surface area contributed by atoms with Crippen molar-refractivity contribution < 1.29 is 4.79 Å². The van der Waals surface area contributed by atoms with Crippen LogP contribution in [-0.4, -0.2) is 32.1 Å². The van der Waals surface area contributed by atoms with Gasteiger partial charge in [-0.05, 0) is 38.6 Å². The summed E-state index contributed by atoms with van der Waals surface area (Å²) in [5.41, 5.74) is 12.5. The van der Waals surface area contributed by atoms with E-state index in [0.717, 1.165) is 25.2 Å². The summed E-state index contributed by atoms with van der Waals surface area (Å²) >= 11 is 0. The number of nitrogens with two attached hydrogens (primary N) is 2. The van der Waals surface area contributed by atoms with Crippen molar-refractivity contribution in [1.29, 1.82) is 0 Å². The van der Waals surface area contributed by atoms with Crippen molar-refractivity contribution in [2.75, 3.05) is 20.1 Å². The third kappa shape index (κ3) is 15.3. The van der Waals surface area contributed by atoms with E-state index in [9.17, 15) is 4.79 Å². The number of benzene rings is 1. The van der Waals surface area contributed by atoms with Crippen LogP contribution in [0.15, 0.2) is 24.3 Å². The molecule has 0 aromatic heterocycles. The molecule has 1 amide bonds. The van der Waals surface area contributed by atoms with Crippen LogP contribution in [0, 0.1) is 0 Å². The molecule has 1 rings (SSSR count). The fourth-order valence-corrected chi connectivity index (χ4v) is 1.31. The molecule has 0 bridgehead atoms. The van der Waals surface area contributed by atoms with Gasteiger partial charge in [-0.2, -0.15) is 0 Å². The fraction of sp³-hybridized carbons (Fsp3) is 0.562. The summed E-state index contributed by atoms with van der Waals surface area (Å²) < 4.78 is 0. The lowest BCUT2D eigenvalue weighted by Crippen LogP contribution is -2.30. The Bertz CT molecular complexity index is 388. The summed E-state index contributed by atoms with van der Waals surface area (Å²) in [6.07, 6.45) is 0. The first-order chi connectivity index (χ1) is 11.5. The Labute approximate surface area is 146 Å². The van der Waals surface area contributed by atoms with Crippen molar-refractivity contribution >= 4 is 5.91 Å². The second-order valence-corrected chi connectivity index (χ2v) is 5.04. The Hall–Kier alpha value is -1.55. The quantitative estimate of drug-likeness (QED) is 0.274. The molecule has 0 aliphatic rings. The molecule has 8 nitrogen and oxygen atoms in total. The molecule has 0 atom stereocenters. The molecule has 8 heteroatoms. The first kappa shape index (κ1) is 24.7. The van der Waals surface area contributed by atoms with Gasteiger partial charge in [0, 0.05) is 31.2 Å². The molecular formula is C16H35N7O. The zero-order valence-electron chi connectivity index (χ0n) is 15.6. The van der Waals surface area contributed by atoms with E-state index in [1.807, 2.05) is 59.0 Å². The normalized spacial score (nSPS) is 9.50. The van der Waals surface area contributed by atoms with Gasteiger partial charge < -0.3 is 5.32 Å². The molecule has 0 saturated carbocycles. The lowest BCUT2D eigenvalue weighted by molar-refractivity contribution is 0.0943. The molecule has 24 heavy (non-hydrogen) atoms. The Morgan fingerprint density at radius 2 is 1.50 bits per heavy atom. The number of nitrogens with one attached hydrogen (secondary N) is 5. The maximum Gasteiger partial charge on any atom is 0.251 e. The molecule has 0 fully saturated rings. The molecule has 0 aliphatic carbocycles. The first-order valence-corrected chi connectivity index (χ1v) is 8.12. The summed E-state index contributed by atoms with van der Waals surface area (Å²) in [5, 5.41) is 2.85. The van der Waals surface area contributed by atoms with E-state index in [1.54, 1.807) is 0 Å². The topological polar surface area (TPSA) is 129 Å². The second-order valence-electron chi connectivity index (χ2n) is 5.04. The van der Waals surface area contributed by atoms with Crippen molar-refractivity contribution in [3.63, 3.8) is 0 Å². The average molecular weight is 342 g/mol. The van der Waals surface area contributed by atoms with E-state index in [1.165, 1.54) is 0 Å². The van der Waals surface area contributed by atoms with Gasteiger partial charge in [-0.15, -0.1) is 0 Å². The van der Waals surface area contributed by atoms with Gasteiger partial charge in [-0.3, -0.25) is 38.2 Å². The number of hydrogen-bond donors (Lipinski definition) is 7. The molecular weight excluding hydrogens is 306 g/mol. The molecule has 0 unspecified atom stereocenters. The van der Waals surface area contributed by atoms with Crippen LogP contribution in [0.2, 0.25) is 0 Å². The van der Waals surface area contributed by atoms with Gasteiger partial charge in [0.25, 0.3) is 5.91 Å². The molecule has 1 aromatic carbocycles. The first-order valence-electron chi connectivity index (χ1n) is 8.12. The zero-order chi connectivity index (χ0) is 18.8. The molecule has 0 heterocycles. The van der Waals surface area contributed by atoms with Crippen LogP contribution in [0.3, 0.4) is 0 Å². The Morgan fingerprint density at radius 3 is 1.83 bits per heavy atom. The van der Waals surface area contributed by atoms with Crippen LogP contribution in [-0.2, 0) is 6.54 Å². The molecule has 0 aliphatic heterocycles. The fourth-order valence-electron chi connectivity index (χ4n) is 1.31. The highest BCUT2D eigenvalue weighted by molar-refractivity contribution is 5.94. The van der Waals surface area contributed by atoms with E-state index >= 15 is 0 Å². The van der Waals surface area contributed by atoms with Crippen molar-refractivity contribution in [2.45, 2.75) is 40.3 Å². The summed E-state index contributed by atoms with van der Waals surface area (Å²) in [6, 6.07) is 7.73.